The Morgan fingerprint density at radius 2 is 2.21 bits per heavy atom. The molecule has 0 bridgehead atoms. The number of phenols is 1. The third-order valence-electron chi connectivity index (χ3n) is 1.83. The number of benzene rings is 1. The van der Waals surface area contributed by atoms with Crippen molar-refractivity contribution in [1.82, 2.24) is 9.97 Å². The second-order valence-electron chi connectivity index (χ2n) is 2.68. The molecule has 0 atom stereocenters. The van der Waals surface area contributed by atoms with E-state index in [2.05, 4.69) is 9.97 Å². The first-order valence-corrected chi connectivity index (χ1v) is 4.28. The molecule has 0 saturated carbocycles. The molecule has 0 radical (unpaired) electrons. The minimum atomic E-state index is -0.0735. The van der Waals surface area contributed by atoms with Crippen LogP contribution in [0.1, 0.15) is 0 Å². The van der Waals surface area contributed by atoms with Crippen LogP contribution >= 0.6 is 11.6 Å². The van der Waals surface area contributed by atoms with E-state index in [4.69, 9.17) is 16.3 Å². The SMILES string of the molecule is COc1cnc2ccc(Cl)c(O)c2n1. The smallest absolute Gasteiger partial charge is 0.232 e. The number of hydrogen-bond acceptors (Lipinski definition) is 4. The molecule has 0 aliphatic rings. The van der Waals surface area contributed by atoms with Crippen LogP contribution in [0.3, 0.4) is 0 Å². The molecule has 2 rings (SSSR count). The topological polar surface area (TPSA) is 55.2 Å². The molecule has 1 aromatic heterocycles. The summed E-state index contributed by atoms with van der Waals surface area (Å²) in [6.45, 7) is 0. The number of halogens is 1. The van der Waals surface area contributed by atoms with Gasteiger partial charge in [-0.3, -0.25) is 0 Å². The highest BCUT2D eigenvalue weighted by atomic mass is 35.5. The second-order valence-corrected chi connectivity index (χ2v) is 3.08. The van der Waals surface area contributed by atoms with Crippen molar-refractivity contribution in [2.24, 2.45) is 0 Å². The van der Waals surface area contributed by atoms with E-state index in [9.17, 15) is 5.11 Å². The van der Waals surface area contributed by atoms with Crippen LogP contribution in [-0.2, 0) is 0 Å². The molecular weight excluding hydrogens is 204 g/mol. The third kappa shape index (κ3) is 1.33. The average Bonchev–Trinajstić information content (AvgIpc) is 2.23. The minimum absolute atomic E-state index is 0.0735. The van der Waals surface area contributed by atoms with E-state index in [1.54, 1.807) is 12.1 Å². The molecular formula is C9H7ClN2O2. The van der Waals surface area contributed by atoms with Crippen molar-refractivity contribution in [3.8, 4) is 11.6 Å². The Morgan fingerprint density at radius 1 is 1.43 bits per heavy atom. The Hall–Kier alpha value is -1.55. The van der Waals surface area contributed by atoms with Crippen LogP contribution in [-0.4, -0.2) is 22.2 Å². The average molecular weight is 211 g/mol. The summed E-state index contributed by atoms with van der Waals surface area (Å²) in [5, 5.41) is 9.84. The van der Waals surface area contributed by atoms with E-state index in [0.717, 1.165) is 0 Å². The van der Waals surface area contributed by atoms with Gasteiger partial charge in [-0.05, 0) is 12.1 Å². The zero-order chi connectivity index (χ0) is 10.1. The predicted molar refractivity (Wildman–Crippen MR) is 52.8 cm³/mol. The van der Waals surface area contributed by atoms with Crippen LogP contribution in [0.25, 0.3) is 11.0 Å². The molecule has 0 amide bonds. The zero-order valence-electron chi connectivity index (χ0n) is 7.36. The quantitative estimate of drug-likeness (QED) is 0.782. The summed E-state index contributed by atoms with van der Waals surface area (Å²) < 4.78 is 4.89. The van der Waals surface area contributed by atoms with Gasteiger partial charge < -0.3 is 9.84 Å². The molecule has 1 aromatic carbocycles. The van der Waals surface area contributed by atoms with Gasteiger partial charge in [0, 0.05) is 0 Å². The highest BCUT2D eigenvalue weighted by Crippen LogP contribution is 2.30. The molecule has 5 heteroatoms. The molecule has 14 heavy (non-hydrogen) atoms. The maximum Gasteiger partial charge on any atom is 0.232 e. The van der Waals surface area contributed by atoms with Crippen LogP contribution < -0.4 is 4.74 Å². The maximum atomic E-state index is 9.59. The molecule has 2 aromatic rings. The number of phenolic OH excluding ortho intramolecular Hbond substituents is 1. The van der Waals surface area contributed by atoms with E-state index in [0.29, 0.717) is 16.9 Å². The van der Waals surface area contributed by atoms with Crippen molar-refractivity contribution in [2.45, 2.75) is 0 Å². The number of fused-ring (bicyclic) bond motifs is 1. The molecule has 1 heterocycles. The molecule has 0 saturated heterocycles. The van der Waals surface area contributed by atoms with E-state index >= 15 is 0 Å². The van der Waals surface area contributed by atoms with Gasteiger partial charge in [-0.15, -0.1) is 0 Å². The molecule has 0 aliphatic carbocycles. The van der Waals surface area contributed by atoms with E-state index in [1.165, 1.54) is 13.3 Å². The minimum Gasteiger partial charge on any atom is -0.504 e. The number of ether oxygens (including phenoxy) is 1. The fourth-order valence-corrected chi connectivity index (χ4v) is 1.27. The van der Waals surface area contributed by atoms with Crippen LogP contribution in [0.15, 0.2) is 18.3 Å². The van der Waals surface area contributed by atoms with Crippen LogP contribution in [0.5, 0.6) is 11.6 Å². The molecule has 4 nitrogen and oxygen atoms in total. The lowest BCUT2D eigenvalue weighted by molar-refractivity contribution is 0.396. The molecule has 0 fully saturated rings. The van der Waals surface area contributed by atoms with Crippen LogP contribution in [0.2, 0.25) is 5.02 Å². The summed E-state index contributed by atoms with van der Waals surface area (Å²) in [5.41, 5.74) is 0.921. The largest absolute Gasteiger partial charge is 0.504 e. The number of aromatic hydroxyl groups is 1. The summed E-state index contributed by atoms with van der Waals surface area (Å²) >= 11 is 5.72. The summed E-state index contributed by atoms with van der Waals surface area (Å²) in [4.78, 5) is 8.08. The van der Waals surface area contributed by atoms with Crippen molar-refractivity contribution in [3.05, 3.63) is 23.4 Å². The number of nitrogens with zero attached hydrogens (tertiary/aromatic N) is 2. The Balaban J connectivity index is 2.78. The van der Waals surface area contributed by atoms with Crippen molar-refractivity contribution in [2.75, 3.05) is 7.11 Å². The highest BCUT2D eigenvalue weighted by Gasteiger charge is 2.07. The van der Waals surface area contributed by atoms with E-state index in [1.807, 2.05) is 0 Å². The summed E-state index contributed by atoms with van der Waals surface area (Å²) in [5.74, 6) is 0.269. The first kappa shape index (κ1) is 9.02. The molecule has 0 unspecified atom stereocenters. The molecule has 0 aliphatic heterocycles. The number of methoxy groups -OCH3 is 1. The lowest BCUT2D eigenvalue weighted by Gasteiger charge is -2.03. The summed E-state index contributed by atoms with van der Waals surface area (Å²) in [6.07, 6.45) is 1.48. The van der Waals surface area contributed by atoms with Gasteiger partial charge in [-0.1, -0.05) is 11.6 Å². The molecule has 1 N–H and O–H groups in total. The Kier molecular flexibility index (Phi) is 2.13. The predicted octanol–water partition coefficient (Wildman–Crippen LogP) is 2.00. The summed E-state index contributed by atoms with van der Waals surface area (Å²) in [7, 11) is 1.48. The Bertz CT molecular complexity index is 487. The van der Waals surface area contributed by atoms with Gasteiger partial charge in [0.15, 0.2) is 5.75 Å². The molecule has 0 spiro atoms. The van der Waals surface area contributed by atoms with E-state index < -0.39 is 0 Å². The van der Waals surface area contributed by atoms with Crippen molar-refractivity contribution >= 4 is 22.6 Å². The van der Waals surface area contributed by atoms with Crippen molar-refractivity contribution in [3.63, 3.8) is 0 Å². The molecule has 72 valence electrons. The fraction of sp³-hybridized carbons (Fsp3) is 0.111. The first-order valence-electron chi connectivity index (χ1n) is 3.90. The van der Waals surface area contributed by atoms with Gasteiger partial charge in [-0.2, -0.15) is 0 Å². The Morgan fingerprint density at radius 3 is 2.93 bits per heavy atom. The number of hydrogen-bond donors (Lipinski definition) is 1. The fourth-order valence-electron chi connectivity index (χ4n) is 1.12. The number of rotatable bonds is 1. The van der Waals surface area contributed by atoms with Gasteiger partial charge in [0.25, 0.3) is 0 Å². The first-order chi connectivity index (χ1) is 6.72. The monoisotopic (exact) mass is 210 g/mol. The van der Waals surface area contributed by atoms with Gasteiger partial charge in [-0.25, -0.2) is 9.97 Å². The van der Waals surface area contributed by atoms with E-state index in [-0.39, 0.29) is 10.8 Å². The standard InChI is InChI=1S/C9H7ClN2O2/c1-14-7-4-11-6-3-2-5(10)9(13)8(6)12-7/h2-4,13H,1H3. The van der Waals surface area contributed by atoms with Crippen molar-refractivity contribution in [1.29, 1.82) is 0 Å². The van der Waals surface area contributed by atoms with Crippen LogP contribution in [0, 0.1) is 0 Å². The zero-order valence-corrected chi connectivity index (χ0v) is 8.12. The second kappa shape index (κ2) is 3.31. The lowest BCUT2D eigenvalue weighted by atomic mass is 10.3. The van der Waals surface area contributed by atoms with Gasteiger partial charge in [0.2, 0.25) is 5.88 Å². The van der Waals surface area contributed by atoms with Gasteiger partial charge in [0.05, 0.1) is 23.8 Å². The Labute approximate surface area is 85.1 Å². The third-order valence-corrected chi connectivity index (χ3v) is 2.13. The number of aromatic nitrogens is 2. The normalized spacial score (nSPS) is 10.4. The van der Waals surface area contributed by atoms with Gasteiger partial charge >= 0.3 is 0 Å². The summed E-state index contributed by atoms with van der Waals surface area (Å²) in [6, 6.07) is 3.25. The van der Waals surface area contributed by atoms with Crippen molar-refractivity contribution < 1.29 is 9.84 Å². The maximum absolute atomic E-state index is 9.59. The highest BCUT2D eigenvalue weighted by molar-refractivity contribution is 6.33. The van der Waals surface area contributed by atoms with Crippen LogP contribution in [0.4, 0.5) is 0 Å². The van der Waals surface area contributed by atoms with Gasteiger partial charge in [0.1, 0.15) is 5.52 Å². The lowest BCUT2D eigenvalue weighted by Crippen LogP contribution is -1.90.